The van der Waals surface area contributed by atoms with Crippen LogP contribution in [0.2, 0.25) is 5.15 Å². The average Bonchev–Trinajstić information content (AvgIpc) is 3.13. The molecule has 1 aromatic rings. The van der Waals surface area contributed by atoms with E-state index >= 15 is 0 Å². The summed E-state index contributed by atoms with van der Waals surface area (Å²) >= 11 is 6.07. The third-order valence-electron chi connectivity index (χ3n) is 3.26. The smallest absolute Gasteiger partial charge is 0.135 e. The van der Waals surface area contributed by atoms with Gasteiger partial charge in [-0.3, -0.25) is 0 Å². The van der Waals surface area contributed by atoms with Gasteiger partial charge >= 0.3 is 0 Å². The highest BCUT2D eigenvalue weighted by molar-refractivity contribution is 6.29. The summed E-state index contributed by atoms with van der Waals surface area (Å²) in [6, 6.07) is 2.58. The lowest BCUT2D eigenvalue weighted by Crippen LogP contribution is -2.26. The molecule has 16 heavy (non-hydrogen) atoms. The van der Waals surface area contributed by atoms with Crippen molar-refractivity contribution in [2.24, 2.45) is 0 Å². The summed E-state index contributed by atoms with van der Waals surface area (Å²) in [5, 5.41) is 0.589. The van der Waals surface area contributed by atoms with Crippen LogP contribution in [0.4, 0.5) is 5.82 Å². The van der Waals surface area contributed by atoms with Gasteiger partial charge in [-0.2, -0.15) is 0 Å². The first-order valence-electron chi connectivity index (χ1n) is 6.09. The molecule has 3 rings (SSSR count). The maximum atomic E-state index is 6.07. The van der Waals surface area contributed by atoms with Crippen LogP contribution in [0.5, 0.6) is 0 Å². The van der Waals surface area contributed by atoms with Gasteiger partial charge in [0.15, 0.2) is 0 Å². The molecule has 0 unspecified atom stereocenters. The third kappa shape index (κ3) is 2.01. The third-order valence-corrected chi connectivity index (χ3v) is 3.46. The molecule has 1 aromatic heterocycles. The second-order valence-corrected chi connectivity index (χ2v) is 5.09. The standard InChI is InChI=1S/C12H16ClN3/c1-2-16(9-5-6-9)11-7-10(13)14-12(15-11)8-3-4-8/h7-9H,2-6H2,1H3. The second-order valence-electron chi connectivity index (χ2n) is 4.70. The number of aromatic nitrogens is 2. The quantitative estimate of drug-likeness (QED) is 0.754. The Bertz CT molecular complexity index is 399. The first kappa shape index (κ1) is 10.3. The van der Waals surface area contributed by atoms with Crippen molar-refractivity contribution in [2.45, 2.75) is 44.6 Å². The number of hydrogen-bond donors (Lipinski definition) is 0. The highest BCUT2D eigenvalue weighted by atomic mass is 35.5. The zero-order valence-corrected chi connectivity index (χ0v) is 10.2. The van der Waals surface area contributed by atoms with E-state index in [0.717, 1.165) is 18.2 Å². The predicted molar refractivity (Wildman–Crippen MR) is 65.1 cm³/mol. The molecule has 0 aliphatic heterocycles. The lowest BCUT2D eigenvalue weighted by atomic mass is 10.3. The van der Waals surface area contributed by atoms with E-state index in [9.17, 15) is 0 Å². The average molecular weight is 238 g/mol. The Balaban J connectivity index is 1.91. The van der Waals surface area contributed by atoms with E-state index in [2.05, 4.69) is 21.8 Å². The van der Waals surface area contributed by atoms with Crippen LogP contribution in [0.3, 0.4) is 0 Å². The van der Waals surface area contributed by atoms with Crippen molar-refractivity contribution in [3.63, 3.8) is 0 Å². The van der Waals surface area contributed by atoms with Crippen molar-refractivity contribution in [1.29, 1.82) is 0 Å². The van der Waals surface area contributed by atoms with Crippen molar-refractivity contribution in [2.75, 3.05) is 11.4 Å². The molecule has 0 atom stereocenters. The molecule has 0 spiro atoms. The van der Waals surface area contributed by atoms with E-state index in [1.807, 2.05) is 6.07 Å². The Morgan fingerprint density at radius 2 is 2.06 bits per heavy atom. The SMILES string of the molecule is CCN(c1cc(Cl)nc(C2CC2)n1)C1CC1. The first-order valence-corrected chi connectivity index (χ1v) is 6.47. The van der Waals surface area contributed by atoms with Gasteiger partial charge in [0.05, 0.1) is 0 Å². The van der Waals surface area contributed by atoms with E-state index in [-0.39, 0.29) is 0 Å². The Morgan fingerprint density at radius 1 is 1.31 bits per heavy atom. The van der Waals surface area contributed by atoms with E-state index in [1.165, 1.54) is 25.7 Å². The first-order chi connectivity index (χ1) is 7.78. The Labute approximate surface area is 101 Å². The maximum absolute atomic E-state index is 6.07. The lowest BCUT2D eigenvalue weighted by Gasteiger charge is -2.21. The summed E-state index contributed by atoms with van der Waals surface area (Å²) in [5.74, 6) is 2.53. The predicted octanol–water partition coefficient (Wildman–Crippen LogP) is 3.00. The normalized spacial score (nSPS) is 19.9. The van der Waals surface area contributed by atoms with Crippen LogP contribution in [-0.2, 0) is 0 Å². The number of halogens is 1. The summed E-state index contributed by atoms with van der Waals surface area (Å²) < 4.78 is 0. The molecule has 0 radical (unpaired) electrons. The van der Waals surface area contributed by atoms with Crippen molar-refractivity contribution >= 4 is 17.4 Å². The number of nitrogens with zero attached hydrogens (tertiary/aromatic N) is 3. The van der Waals surface area contributed by atoms with Crippen molar-refractivity contribution in [3.05, 3.63) is 17.0 Å². The van der Waals surface area contributed by atoms with Gasteiger partial charge in [0.2, 0.25) is 0 Å². The fourth-order valence-corrected chi connectivity index (χ4v) is 2.27. The van der Waals surface area contributed by atoms with Crippen molar-refractivity contribution < 1.29 is 0 Å². The highest BCUT2D eigenvalue weighted by Gasteiger charge is 2.31. The largest absolute Gasteiger partial charge is 0.354 e. The van der Waals surface area contributed by atoms with Crippen LogP contribution < -0.4 is 4.90 Å². The fourth-order valence-electron chi connectivity index (χ4n) is 2.09. The Kier molecular flexibility index (Phi) is 2.51. The fraction of sp³-hybridized carbons (Fsp3) is 0.667. The maximum Gasteiger partial charge on any atom is 0.135 e. The second kappa shape index (κ2) is 3.88. The molecule has 0 amide bonds. The van der Waals surface area contributed by atoms with Gasteiger partial charge in [0.1, 0.15) is 16.8 Å². The highest BCUT2D eigenvalue weighted by Crippen LogP contribution is 2.40. The van der Waals surface area contributed by atoms with Crippen molar-refractivity contribution in [3.8, 4) is 0 Å². The monoisotopic (exact) mass is 237 g/mol. The van der Waals surface area contributed by atoms with E-state index in [0.29, 0.717) is 17.1 Å². The molecule has 2 aliphatic rings. The summed E-state index contributed by atoms with van der Waals surface area (Å²) in [6.07, 6.45) is 5.01. The Hall–Kier alpha value is -0.830. The zero-order chi connectivity index (χ0) is 11.1. The van der Waals surface area contributed by atoms with Crippen LogP contribution in [-0.4, -0.2) is 22.6 Å². The van der Waals surface area contributed by atoms with Gasteiger partial charge < -0.3 is 4.90 Å². The van der Waals surface area contributed by atoms with E-state index < -0.39 is 0 Å². The molecular formula is C12H16ClN3. The van der Waals surface area contributed by atoms with Gasteiger partial charge in [-0.15, -0.1) is 0 Å². The van der Waals surface area contributed by atoms with Gasteiger partial charge in [-0.1, -0.05) is 11.6 Å². The van der Waals surface area contributed by atoms with Gasteiger partial charge in [-0.25, -0.2) is 9.97 Å². The minimum Gasteiger partial charge on any atom is -0.354 e. The molecule has 4 heteroatoms. The Morgan fingerprint density at radius 3 is 2.62 bits per heavy atom. The van der Waals surface area contributed by atoms with Crippen LogP contribution >= 0.6 is 11.6 Å². The molecule has 1 heterocycles. The molecule has 0 bridgehead atoms. The van der Waals surface area contributed by atoms with E-state index in [4.69, 9.17) is 11.6 Å². The molecule has 2 aliphatic carbocycles. The van der Waals surface area contributed by atoms with Crippen molar-refractivity contribution in [1.82, 2.24) is 9.97 Å². The van der Waals surface area contributed by atoms with Gasteiger partial charge in [0, 0.05) is 24.6 Å². The molecule has 86 valence electrons. The number of anilines is 1. The summed E-state index contributed by atoms with van der Waals surface area (Å²) in [4.78, 5) is 11.3. The minimum absolute atomic E-state index is 0.565. The number of hydrogen-bond acceptors (Lipinski definition) is 3. The van der Waals surface area contributed by atoms with Crippen LogP contribution in [0.25, 0.3) is 0 Å². The summed E-state index contributed by atoms with van der Waals surface area (Å²) in [5.41, 5.74) is 0. The molecule has 3 nitrogen and oxygen atoms in total. The summed E-state index contributed by atoms with van der Waals surface area (Å²) in [7, 11) is 0. The molecular weight excluding hydrogens is 222 g/mol. The van der Waals surface area contributed by atoms with Crippen LogP contribution in [0, 0.1) is 0 Å². The molecule has 0 saturated heterocycles. The minimum atomic E-state index is 0.565. The van der Waals surface area contributed by atoms with Gasteiger partial charge in [0.25, 0.3) is 0 Å². The molecule has 0 aromatic carbocycles. The molecule has 2 fully saturated rings. The molecule has 0 N–H and O–H groups in total. The number of rotatable bonds is 4. The zero-order valence-electron chi connectivity index (χ0n) is 9.49. The molecule has 2 saturated carbocycles. The topological polar surface area (TPSA) is 29.0 Å². The van der Waals surface area contributed by atoms with Crippen LogP contribution in [0.1, 0.15) is 44.3 Å². The van der Waals surface area contributed by atoms with Gasteiger partial charge in [-0.05, 0) is 32.6 Å². The van der Waals surface area contributed by atoms with E-state index in [1.54, 1.807) is 0 Å². The summed E-state index contributed by atoms with van der Waals surface area (Å²) in [6.45, 7) is 3.17. The lowest BCUT2D eigenvalue weighted by molar-refractivity contribution is 0.790. The van der Waals surface area contributed by atoms with Crippen LogP contribution in [0.15, 0.2) is 6.07 Å².